The van der Waals surface area contributed by atoms with Crippen LogP contribution in [0.3, 0.4) is 0 Å². The molecule has 0 radical (unpaired) electrons. The average molecular weight is 240 g/mol. The van der Waals surface area contributed by atoms with E-state index in [0.717, 1.165) is 0 Å². The average Bonchev–Trinajstić information content (AvgIpc) is 2.61. The van der Waals surface area contributed by atoms with Crippen molar-refractivity contribution in [2.75, 3.05) is 0 Å². The smallest absolute Gasteiger partial charge is 0.0767 e. The summed E-state index contributed by atoms with van der Waals surface area (Å²) in [5.74, 6) is 0. The first-order valence-corrected chi connectivity index (χ1v) is 9.54. The van der Waals surface area contributed by atoms with Crippen LogP contribution >= 0.6 is 0 Å². The van der Waals surface area contributed by atoms with Crippen LogP contribution in [0, 0.1) is 0 Å². The van der Waals surface area contributed by atoms with Crippen LogP contribution in [0.5, 0.6) is 0 Å². The molecule has 0 aromatic rings. The van der Waals surface area contributed by atoms with Gasteiger partial charge in [0.25, 0.3) is 0 Å². The first-order valence-electron chi connectivity index (χ1n) is 6.84. The van der Waals surface area contributed by atoms with Crippen molar-refractivity contribution >= 4 is 8.07 Å². The van der Waals surface area contributed by atoms with E-state index in [1.54, 1.807) is 0 Å². The van der Waals surface area contributed by atoms with Gasteiger partial charge in [-0.2, -0.15) is 0 Å². The van der Waals surface area contributed by atoms with Crippen molar-refractivity contribution in [3.8, 4) is 0 Å². The molecule has 0 N–H and O–H groups in total. The van der Waals surface area contributed by atoms with E-state index in [-0.39, 0.29) is 5.60 Å². The van der Waals surface area contributed by atoms with E-state index >= 15 is 0 Å². The zero-order valence-electron chi connectivity index (χ0n) is 11.7. The molecule has 0 amide bonds. The molecule has 1 heterocycles. The highest BCUT2D eigenvalue weighted by Crippen LogP contribution is 2.31. The summed E-state index contributed by atoms with van der Waals surface area (Å²) in [4.78, 5) is 0. The summed E-state index contributed by atoms with van der Waals surface area (Å²) < 4.78 is 6.01. The molecule has 0 saturated carbocycles. The van der Waals surface area contributed by atoms with Gasteiger partial charge in [0.05, 0.1) is 19.8 Å². The Morgan fingerprint density at radius 3 is 2.12 bits per heavy atom. The molecule has 1 unspecified atom stereocenters. The minimum Gasteiger partial charge on any atom is -0.368 e. The molecule has 0 aromatic carbocycles. The van der Waals surface area contributed by atoms with E-state index in [2.05, 4.69) is 46.4 Å². The van der Waals surface area contributed by atoms with Gasteiger partial charge >= 0.3 is 0 Å². The molecule has 1 aliphatic heterocycles. The number of ether oxygens (including phenoxy) is 1. The summed E-state index contributed by atoms with van der Waals surface area (Å²) in [7, 11) is -1.09. The number of hydrogen-bond acceptors (Lipinski definition) is 1. The van der Waals surface area contributed by atoms with E-state index in [4.69, 9.17) is 4.74 Å². The maximum Gasteiger partial charge on any atom is 0.0767 e. The molecule has 94 valence electrons. The van der Waals surface area contributed by atoms with Crippen LogP contribution in [0.2, 0.25) is 18.1 Å². The predicted octanol–water partition coefficient (Wildman–Crippen LogP) is 4.55. The third-order valence-corrected chi connectivity index (χ3v) is 9.40. The fourth-order valence-corrected chi connectivity index (χ4v) is 5.40. The van der Waals surface area contributed by atoms with Gasteiger partial charge in [0, 0.05) is 0 Å². The predicted molar refractivity (Wildman–Crippen MR) is 74.5 cm³/mol. The largest absolute Gasteiger partial charge is 0.368 e. The Hall–Kier alpha value is -0.0831. The van der Waals surface area contributed by atoms with Gasteiger partial charge < -0.3 is 4.74 Å². The van der Waals surface area contributed by atoms with Gasteiger partial charge in [0.15, 0.2) is 0 Å². The molecule has 1 aliphatic rings. The monoisotopic (exact) mass is 240 g/mol. The summed E-state index contributed by atoms with van der Waals surface area (Å²) in [5, 5.41) is 0. The zero-order valence-corrected chi connectivity index (χ0v) is 12.7. The fraction of sp³-hybridized carbons (Fsp3) is 0.857. The molecule has 1 rings (SSSR count). The van der Waals surface area contributed by atoms with Gasteiger partial charge in [-0.3, -0.25) is 0 Å². The lowest BCUT2D eigenvalue weighted by molar-refractivity contribution is 0.00525. The Bertz CT molecular complexity index is 233. The molecule has 2 heteroatoms. The molecule has 1 nitrogen and oxygen atoms in total. The second-order valence-electron chi connectivity index (χ2n) is 5.74. The van der Waals surface area contributed by atoms with Gasteiger partial charge in [0.2, 0.25) is 0 Å². The van der Waals surface area contributed by atoms with Crippen molar-refractivity contribution < 1.29 is 4.74 Å². The molecular formula is C14H28OSi. The van der Waals surface area contributed by atoms with Crippen LogP contribution in [0.1, 0.15) is 47.5 Å². The zero-order chi connectivity index (χ0) is 12.2. The van der Waals surface area contributed by atoms with Crippen molar-refractivity contribution in [2.24, 2.45) is 0 Å². The quantitative estimate of drug-likeness (QED) is 0.641. The molecule has 0 aromatic heterocycles. The van der Waals surface area contributed by atoms with E-state index in [0.29, 0.717) is 6.10 Å². The van der Waals surface area contributed by atoms with Crippen LogP contribution in [0.25, 0.3) is 0 Å². The SMILES string of the molecule is CC[Si](/C=C/C1CCC(C)(C)O1)(CC)CC. The third kappa shape index (κ3) is 3.46. The molecule has 1 saturated heterocycles. The minimum atomic E-state index is -1.09. The standard InChI is InChI=1S/C14H28OSi/c1-6-16(7-2,8-3)12-10-13-9-11-14(4,5)15-13/h10,12-13H,6-9,11H2,1-5H3/b12-10+. The molecule has 0 spiro atoms. The summed E-state index contributed by atoms with van der Waals surface area (Å²) in [6.45, 7) is 11.4. The second kappa shape index (κ2) is 5.50. The van der Waals surface area contributed by atoms with Crippen molar-refractivity contribution in [3.05, 3.63) is 11.8 Å². The molecular weight excluding hydrogens is 212 g/mol. The van der Waals surface area contributed by atoms with Crippen LogP contribution < -0.4 is 0 Å². The Morgan fingerprint density at radius 2 is 1.75 bits per heavy atom. The lowest BCUT2D eigenvalue weighted by atomic mass is 10.1. The molecule has 1 fully saturated rings. The van der Waals surface area contributed by atoms with Gasteiger partial charge in [-0.05, 0) is 26.7 Å². The summed E-state index contributed by atoms with van der Waals surface area (Å²) >= 11 is 0. The van der Waals surface area contributed by atoms with Crippen LogP contribution in [-0.2, 0) is 4.74 Å². The third-order valence-electron chi connectivity index (χ3n) is 4.28. The topological polar surface area (TPSA) is 9.23 Å². The first-order chi connectivity index (χ1) is 7.47. The lowest BCUT2D eigenvalue weighted by Crippen LogP contribution is -2.29. The summed E-state index contributed by atoms with van der Waals surface area (Å²) in [6, 6.07) is 4.10. The van der Waals surface area contributed by atoms with Gasteiger partial charge in [0.1, 0.15) is 0 Å². The summed E-state index contributed by atoms with van der Waals surface area (Å²) in [6.07, 6.45) is 5.15. The number of hydrogen-bond donors (Lipinski definition) is 0. The maximum atomic E-state index is 6.01. The van der Waals surface area contributed by atoms with Crippen molar-refractivity contribution in [3.63, 3.8) is 0 Å². The van der Waals surface area contributed by atoms with Gasteiger partial charge in [-0.25, -0.2) is 0 Å². The first kappa shape index (κ1) is 14.0. The molecule has 1 atom stereocenters. The van der Waals surface area contributed by atoms with E-state index < -0.39 is 8.07 Å². The fourth-order valence-electron chi connectivity index (χ4n) is 2.57. The molecule has 0 aliphatic carbocycles. The normalized spacial score (nSPS) is 25.4. The number of rotatable bonds is 5. The van der Waals surface area contributed by atoms with Crippen molar-refractivity contribution in [2.45, 2.75) is 77.3 Å². The Morgan fingerprint density at radius 1 is 1.19 bits per heavy atom. The van der Waals surface area contributed by atoms with Crippen LogP contribution in [-0.4, -0.2) is 19.8 Å². The molecule has 0 bridgehead atoms. The van der Waals surface area contributed by atoms with E-state index in [1.165, 1.54) is 31.0 Å². The lowest BCUT2D eigenvalue weighted by Gasteiger charge is -2.24. The van der Waals surface area contributed by atoms with Crippen molar-refractivity contribution in [1.29, 1.82) is 0 Å². The van der Waals surface area contributed by atoms with Gasteiger partial charge in [-0.15, -0.1) is 0 Å². The Labute approximate surface area is 102 Å². The maximum absolute atomic E-state index is 6.01. The van der Waals surface area contributed by atoms with E-state index in [9.17, 15) is 0 Å². The second-order valence-corrected chi connectivity index (χ2v) is 10.9. The highest BCUT2D eigenvalue weighted by atomic mass is 28.3. The molecule has 16 heavy (non-hydrogen) atoms. The van der Waals surface area contributed by atoms with Crippen LogP contribution in [0.15, 0.2) is 11.8 Å². The van der Waals surface area contributed by atoms with Crippen molar-refractivity contribution in [1.82, 2.24) is 0 Å². The van der Waals surface area contributed by atoms with Crippen LogP contribution in [0.4, 0.5) is 0 Å². The highest BCUT2D eigenvalue weighted by Gasteiger charge is 2.31. The Kier molecular flexibility index (Phi) is 4.81. The highest BCUT2D eigenvalue weighted by molar-refractivity contribution is 6.84. The summed E-state index contributed by atoms with van der Waals surface area (Å²) in [5.41, 5.74) is 2.66. The minimum absolute atomic E-state index is 0.101. The Balaban J connectivity index is 2.59. The van der Waals surface area contributed by atoms with E-state index in [1.807, 2.05) is 0 Å². The van der Waals surface area contributed by atoms with Gasteiger partial charge in [-0.1, -0.05) is 50.7 Å².